The van der Waals surface area contributed by atoms with Crippen LogP contribution in [0.25, 0.3) is 0 Å². The molecule has 0 spiro atoms. The molecule has 4 heterocycles. The van der Waals surface area contributed by atoms with Gasteiger partial charge >= 0.3 is 0 Å². The SMILES string of the molecule is C=C[C@@H]1CN(Cc2ccccn2)C(=O)[C@@H]2CCC[C@H]1N2S(=O)(=O)c1ccccn1. The lowest BCUT2D eigenvalue weighted by molar-refractivity contribution is -0.135. The molecule has 4 rings (SSSR count). The zero-order valence-electron chi connectivity index (χ0n) is 16.1. The lowest BCUT2D eigenvalue weighted by Crippen LogP contribution is -2.54. The Bertz CT molecular complexity index is 982. The van der Waals surface area contributed by atoms with Gasteiger partial charge in [-0.15, -0.1) is 6.58 Å². The normalized spacial score (nSPS) is 25.4. The van der Waals surface area contributed by atoms with Crippen molar-refractivity contribution in [2.24, 2.45) is 5.92 Å². The number of sulfonamides is 1. The summed E-state index contributed by atoms with van der Waals surface area (Å²) in [5, 5.41) is -0.0225. The van der Waals surface area contributed by atoms with Crippen molar-refractivity contribution in [1.29, 1.82) is 0 Å². The van der Waals surface area contributed by atoms with Crippen LogP contribution >= 0.6 is 0 Å². The number of nitrogens with zero attached hydrogens (tertiary/aromatic N) is 4. The summed E-state index contributed by atoms with van der Waals surface area (Å²) < 4.78 is 28.4. The summed E-state index contributed by atoms with van der Waals surface area (Å²) in [5.41, 5.74) is 0.777. The molecule has 0 radical (unpaired) electrons. The first-order valence-electron chi connectivity index (χ1n) is 9.78. The summed E-state index contributed by atoms with van der Waals surface area (Å²) >= 11 is 0. The van der Waals surface area contributed by atoms with Crippen LogP contribution in [0, 0.1) is 5.92 Å². The molecule has 2 aromatic rings. The fraction of sp³-hybridized carbons (Fsp3) is 0.381. The minimum atomic E-state index is -3.91. The molecule has 152 valence electrons. The molecule has 0 unspecified atom stereocenters. The van der Waals surface area contributed by atoms with Crippen LogP contribution in [0.4, 0.5) is 0 Å². The van der Waals surface area contributed by atoms with Crippen LogP contribution in [0.15, 0.2) is 66.5 Å². The maximum absolute atomic E-state index is 13.5. The fourth-order valence-corrected chi connectivity index (χ4v) is 6.14. The van der Waals surface area contributed by atoms with Crippen molar-refractivity contribution >= 4 is 15.9 Å². The standard InChI is InChI=1S/C21H24N4O3S/c1-2-16-14-24(15-17-8-3-5-12-22-17)21(26)19-10-7-9-18(16)25(19)29(27,28)20-11-4-6-13-23-20/h2-6,8,11-13,16,18-19H,1,7,9-10,14-15H2/t16-,18-,19+/m1/s1. The van der Waals surface area contributed by atoms with Crippen molar-refractivity contribution < 1.29 is 13.2 Å². The van der Waals surface area contributed by atoms with Gasteiger partial charge in [-0.05, 0) is 43.5 Å². The number of carbonyl (C=O) groups excluding carboxylic acids is 1. The zero-order valence-corrected chi connectivity index (χ0v) is 16.9. The Labute approximate surface area is 171 Å². The van der Waals surface area contributed by atoms with Gasteiger partial charge in [-0.25, -0.2) is 13.4 Å². The van der Waals surface area contributed by atoms with E-state index in [1.165, 1.54) is 16.6 Å². The molecule has 0 N–H and O–H groups in total. The average Bonchev–Trinajstić information content (AvgIpc) is 2.82. The van der Waals surface area contributed by atoms with Gasteiger partial charge in [0.2, 0.25) is 5.91 Å². The number of rotatable bonds is 5. The fourth-order valence-electron chi connectivity index (χ4n) is 4.33. The van der Waals surface area contributed by atoms with Gasteiger partial charge in [0.25, 0.3) is 10.0 Å². The molecule has 0 saturated carbocycles. The molecule has 2 aliphatic rings. The third-order valence-corrected chi connectivity index (χ3v) is 7.55. The average molecular weight is 413 g/mol. The lowest BCUT2D eigenvalue weighted by atomic mass is 9.90. The van der Waals surface area contributed by atoms with E-state index in [4.69, 9.17) is 0 Å². The van der Waals surface area contributed by atoms with Crippen LogP contribution in [-0.2, 0) is 21.4 Å². The van der Waals surface area contributed by atoms with E-state index in [0.717, 1.165) is 12.1 Å². The highest BCUT2D eigenvalue weighted by Gasteiger charge is 2.49. The lowest BCUT2D eigenvalue weighted by Gasteiger charge is -2.39. The Kier molecular flexibility index (Phi) is 5.47. The second kappa shape index (κ2) is 8.04. The number of fused-ring (bicyclic) bond motifs is 2. The largest absolute Gasteiger partial charge is 0.335 e. The van der Waals surface area contributed by atoms with Crippen LogP contribution in [0.1, 0.15) is 25.0 Å². The molecule has 29 heavy (non-hydrogen) atoms. The predicted octanol–water partition coefficient (Wildman–Crippen LogP) is 2.23. The molecular weight excluding hydrogens is 388 g/mol. The van der Waals surface area contributed by atoms with E-state index < -0.39 is 16.1 Å². The molecule has 2 aliphatic heterocycles. The Morgan fingerprint density at radius 2 is 1.86 bits per heavy atom. The maximum atomic E-state index is 13.5. The number of pyridine rings is 2. The van der Waals surface area contributed by atoms with Gasteiger partial charge in [0, 0.05) is 30.9 Å². The van der Waals surface area contributed by atoms with Crippen molar-refractivity contribution in [2.45, 2.75) is 42.9 Å². The van der Waals surface area contributed by atoms with E-state index in [2.05, 4.69) is 16.5 Å². The van der Waals surface area contributed by atoms with E-state index in [0.29, 0.717) is 25.9 Å². The third kappa shape index (κ3) is 3.70. The molecular formula is C21H24N4O3S. The monoisotopic (exact) mass is 412 g/mol. The zero-order chi connectivity index (χ0) is 20.4. The number of hydrogen-bond acceptors (Lipinski definition) is 5. The van der Waals surface area contributed by atoms with Gasteiger partial charge < -0.3 is 4.90 Å². The molecule has 2 saturated heterocycles. The van der Waals surface area contributed by atoms with E-state index in [-0.39, 0.29) is 22.9 Å². The summed E-state index contributed by atoms with van der Waals surface area (Å²) in [4.78, 5) is 23.6. The molecule has 0 aromatic carbocycles. The number of amides is 1. The Morgan fingerprint density at radius 1 is 1.10 bits per heavy atom. The van der Waals surface area contributed by atoms with E-state index in [1.807, 2.05) is 18.2 Å². The number of piperidine rings is 1. The van der Waals surface area contributed by atoms with Crippen molar-refractivity contribution in [2.75, 3.05) is 6.54 Å². The van der Waals surface area contributed by atoms with Crippen LogP contribution in [0.3, 0.4) is 0 Å². The van der Waals surface area contributed by atoms with E-state index >= 15 is 0 Å². The number of aromatic nitrogens is 2. The van der Waals surface area contributed by atoms with Crippen molar-refractivity contribution in [3.8, 4) is 0 Å². The molecule has 7 nitrogen and oxygen atoms in total. The highest BCUT2D eigenvalue weighted by molar-refractivity contribution is 7.89. The number of hydrogen-bond donors (Lipinski definition) is 0. The van der Waals surface area contributed by atoms with Crippen molar-refractivity contribution in [3.05, 3.63) is 67.1 Å². The maximum Gasteiger partial charge on any atom is 0.261 e. The van der Waals surface area contributed by atoms with Gasteiger partial charge in [-0.2, -0.15) is 4.31 Å². The summed E-state index contributed by atoms with van der Waals surface area (Å²) in [7, 11) is -3.91. The van der Waals surface area contributed by atoms with E-state index in [1.54, 1.807) is 29.3 Å². The molecule has 3 atom stereocenters. The van der Waals surface area contributed by atoms with Gasteiger partial charge in [-0.3, -0.25) is 9.78 Å². The smallest absolute Gasteiger partial charge is 0.261 e. The minimum Gasteiger partial charge on any atom is -0.335 e. The molecule has 0 aliphatic carbocycles. The summed E-state index contributed by atoms with van der Waals surface area (Å²) in [6.07, 6.45) is 6.93. The minimum absolute atomic E-state index is 0.0225. The van der Waals surface area contributed by atoms with Gasteiger partial charge in [0.1, 0.15) is 6.04 Å². The summed E-state index contributed by atoms with van der Waals surface area (Å²) in [6.45, 7) is 4.72. The van der Waals surface area contributed by atoms with Gasteiger partial charge in [0.05, 0.1) is 12.2 Å². The van der Waals surface area contributed by atoms with Gasteiger partial charge in [0.15, 0.2) is 5.03 Å². The molecule has 1 amide bonds. The number of carbonyl (C=O) groups is 1. The second-order valence-electron chi connectivity index (χ2n) is 7.46. The van der Waals surface area contributed by atoms with Crippen molar-refractivity contribution in [1.82, 2.24) is 19.2 Å². The summed E-state index contributed by atoms with van der Waals surface area (Å²) in [6, 6.07) is 9.35. The van der Waals surface area contributed by atoms with Crippen LogP contribution in [0.5, 0.6) is 0 Å². The summed E-state index contributed by atoms with van der Waals surface area (Å²) in [5.74, 6) is -0.337. The molecule has 8 heteroatoms. The van der Waals surface area contributed by atoms with Crippen LogP contribution in [0.2, 0.25) is 0 Å². The Hall–Kier alpha value is -2.58. The highest BCUT2D eigenvalue weighted by atomic mass is 32.2. The predicted molar refractivity (Wildman–Crippen MR) is 108 cm³/mol. The van der Waals surface area contributed by atoms with Gasteiger partial charge in [-0.1, -0.05) is 18.2 Å². The first kappa shape index (κ1) is 19.7. The third-order valence-electron chi connectivity index (χ3n) is 5.70. The molecule has 2 bridgehead atoms. The molecule has 2 aromatic heterocycles. The first-order valence-corrected chi connectivity index (χ1v) is 11.2. The van der Waals surface area contributed by atoms with Crippen LogP contribution in [-0.4, -0.2) is 52.1 Å². The first-order chi connectivity index (χ1) is 14.0. The van der Waals surface area contributed by atoms with Crippen LogP contribution < -0.4 is 0 Å². The Balaban J connectivity index is 1.74. The second-order valence-corrected chi connectivity index (χ2v) is 9.25. The Morgan fingerprint density at radius 3 is 2.52 bits per heavy atom. The van der Waals surface area contributed by atoms with Crippen molar-refractivity contribution in [3.63, 3.8) is 0 Å². The highest BCUT2D eigenvalue weighted by Crippen LogP contribution is 2.37. The topological polar surface area (TPSA) is 83.5 Å². The quantitative estimate of drug-likeness (QED) is 0.704. The molecule has 2 fully saturated rings. The van der Waals surface area contributed by atoms with E-state index in [9.17, 15) is 13.2 Å².